The van der Waals surface area contributed by atoms with Crippen molar-refractivity contribution in [2.24, 2.45) is 0 Å². The van der Waals surface area contributed by atoms with E-state index in [9.17, 15) is 4.79 Å². The molecule has 4 nitrogen and oxygen atoms in total. The van der Waals surface area contributed by atoms with Crippen molar-refractivity contribution in [2.75, 3.05) is 20.2 Å². The van der Waals surface area contributed by atoms with E-state index < -0.39 is 0 Å². The van der Waals surface area contributed by atoms with Crippen LogP contribution in [0.3, 0.4) is 0 Å². The zero-order valence-corrected chi connectivity index (χ0v) is 14.5. The van der Waals surface area contributed by atoms with Gasteiger partial charge in [-0.2, -0.15) is 0 Å². The minimum atomic E-state index is 0.229. The summed E-state index contributed by atoms with van der Waals surface area (Å²) in [5.41, 5.74) is 2.52. The monoisotopic (exact) mass is 316 g/mol. The first kappa shape index (κ1) is 16.3. The summed E-state index contributed by atoms with van der Waals surface area (Å²) in [7, 11) is 1.74. The lowest BCUT2D eigenvalue weighted by Gasteiger charge is -2.35. The van der Waals surface area contributed by atoms with Crippen LogP contribution in [0.4, 0.5) is 0 Å². The Balaban J connectivity index is 1.77. The number of carbonyl (C=O) groups is 1. The summed E-state index contributed by atoms with van der Waals surface area (Å²) in [5, 5.41) is 0. The smallest absolute Gasteiger partial charge is 0.219 e. The molecule has 2 saturated heterocycles. The van der Waals surface area contributed by atoms with E-state index in [1.165, 1.54) is 24.0 Å². The van der Waals surface area contributed by atoms with Crippen LogP contribution in [0, 0.1) is 6.92 Å². The van der Waals surface area contributed by atoms with Crippen molar-refractivity contribution in [1.29, 1.82) is 0 Å². The third kappa shape index (κ3) is 3.37. The topological polar surface area (TPSA) is 32.8 Å². The summed E-state index contributed by atoms with van der Waals surface area (Å²) in [6.45, 7) is 6.79. The maximum absolute atomic E-state index is 11.9. The fourth-order valence-corrected chi connectivity index (χ4v) is 4.32. The summed E-state index contributed by atoms with van der Waals surface area (Å²) in [6, 6.07) is 7.27. The van der Waals surface area contributed by atoms with Crippen LogP contribution in [0.1, 0.15) is 43.7 Å². The van der Waals surface area contributed by atoms with Gasteiger partial charge in [-0.1, -0.05) is 17.7 Å². The summed E-state index contributed by atoms with van der Waals surface area (Å²) in [6.07, 6.45) is 4.71. The Hall–Kier alpha value is -1.55. The Morgan fingerprint density at radius 1 is 1.22 bits per heavy atom. The highest BCUT2D eigenvalue weighted by Crippen LogP contribution is 2.32. The first-order valence-electron chi connectivity index (χ1n) is 8.75. The largest absolute Gasteiger partial charge is 0.496 e. The van der Waals surface area contributed by atoms with Crippen molar-refractivity contribution in [3.05, 3.63) is 29.3 Å². The predicted octanol–water partition coefficient (Wildman–Crippen LogP) is 2.98. The molecular weight excluding hydrogens is 288 g/mol. The van der Waals surface area contributed by atoms with Crippen molar-refractivity contribution in [1.82, 2.24) is 9.80 Å². The Labute approximate surface area is 139 Å². The lowest BCUT2D eigenvalue weighted by molar-refractivity contribution is -0.130. The molecule has 1 aromatic carbocycles. The molecule has 126 valence electrons. The molecule has 2 heterocycles. The van der Waals surface area contributed by atoms with Gasteiger partial charge in [0.05, 0.1) is 7.11 Å². The number of aryl methyl sites for hydroxylation is 1. The number of amides is 1. The van der Waals surface area contributed by atoms with E-state index in [-0.39, 0.29) is 5.91 Å². The number of hydrogen-bond donors (Lipinski definition) is 0. The van der Waals surface area contributed by atoms with Gasteiger partial charge in [0.1, 0.15) is 5.75 Å². The molecule has 2 unspecified atom stereocenters. The van der Waals surface area contributed by atoms with E-state index in [1.54, 1.807) is 14.0 Å². The van der Waals surface area contributed by atoms with Crippen molar-refractivity contribution in [2.45, 2.75) is 58.2 Å². The van der Waals surface area contributed by atoms with Gasteiger partial charge in [0.15, 0.2) is 0 Å². The SMILES string of the molecule is COc1ccc(C)cc1CN1CCCC1C1CCCN1C(C)=O. The van der Waals surface area contributed by atoms with Crippen molar-refractivity contribution >= 4 is 5.91 Å². The Bertz CT molecular complexity index is 572. The molecule has 0 spiro atoms. The average molecular weight is 316 g/mol. The van der Waals surface area contributed by atoms with Crippen molar-refractivity contribution in [3.8, 4) is 5.75 Å². The minimum absolute atomic E-state index is 0.229. The number of nitrogens with zero attached hydrogens (tertiary/aromatic N) is 2. The molecule has 2 aliphatic rings. The van der Waals surface area contributed by atoms with Gasteiger partial charge in [0, 0.05) is 37.7 Å². The Kier molecular flexibility index (Phi) is 4.90. The van der Waals surface area contributed by atoms with Gasteiger partial charge < -0.3 is 9.64 Å². The second-order valence-electron chi connectivity index (χ2n) is 6.92. The molecule has 1 amide bonds. The first-order valence-corrected chi connectivity index (χ1v) is 8.75. The van der Waals surface area contributed by atoms with E-state index in [0.717, 1.165) is 38.2 Å². The van der Waals surface area contributed by atoms with Gasteiger partial charge in [-0.15, -0.1) is 0 Å². The van der Waals surface area contributed by atoms with E-state index in [1.807, 2.05) is 0 Å². The minimum Gasteiger partial charge on any atom is -0.496 e. The van der Waals surface area contributed by atoms with Gasteiger partial charge in [0.2, 0.25) is 5.91 Å². The van der Waals surface area contributed by atoms with Gasteiger partial charge in [-0.25, -0.2) is 0 Å². The van der Waals surface area contributed by atoms with Gasteiger partial charge in [0.25, 0.3) is 0 Å². The molecule has 0 N–H and O–H groups in total. The number of hydrogen-bond acceptors (Lipinski definition) is 3. The fourth-order valence-electron chi connectivity index (χ4n) is 4.32. The Morgan fingerprint density at radius 2 is 1.96 bits per heavy atom. The number of carbonyl (C=O) groups excluding carboxylic acids is 1. The number of likely N-dealkylation sites (tertiary alicyclic amines) is 2. The van der Waals surface area contributed by atoms with E-state index in [0.29, 0.717) is 12.1 Å². The molecule has 4 heteroatoms. The van der Waals surface area contributed by atoms with Crippen LogP contribution in [-0.2, 0) is 11.3 Å². The van der Waals surface area contributed by atoms with Gasteiger partial charge in [-0.3, -0.25) is 9.69 Å². The molecule has 2 aliphatic heterocycles. The van der Waals surface area contributed by atoms with Crippen LogP contribution < -0.4 is 4.74 Å². The number of benzene rings is 1. The molecule has 0 aromatic heterocycles. The van der Waals surface area contributed by atoms with Crippen LogP contribution in [-0.4, -0.2) is 48.0 Å². The molecule has 23 heavy (non-hydrogen) atoms. The van der Waals surface area contributed by atoms with Crippen molar-refractivity contribution < 1.29 is 9.53 Å². The molecular formula is C19H28N2O2. The fraction of sp³-hybridized carbons (Fsp3) is 0.632. The molecule has 1 aromatic rings. The molecule has 0 aliphatic carbocycles. The second-order valence-corrected chi connectivity index (χ2v) is 6.92. The Morgan fingerprint density at radius 3 is 2.70 bits per heavy atom. The second kappa shape index (κ2) is 6.91. The molecule has 0 bridgehead atoms. The summed E-state index contributed by atoms with van der Waals surface area (Å²) >= 11 is 0. The maximum Gasteiger partial charge on any atom is 0.219 e. The van der Waals surface area contributed by atoms with Gasteiger partial charge >= 0.3 is 0 Å². The quantitative estimate of drug-likeness (QED) is 0.856. The van der Waals surface area contributed by atoms with E-state index >= 15 is 0 Å². The van der Waals surface area contributed by atoms with Crippen LogP contribution >= 0.6 is 0 Å². The highest BCUT2D eigenvalue weighted by molar-refractivity contribution is 5.74. The number of ether oxygens (including phenoxy) is 1. The van der Waals surface area contributed by atoms with Crippen LogP contribution in [0.15, 0.2) is 18.2 Å². The third-order valence-electron chi connectivity index (χ3n) is 5.37. The summed E-state index contributed by atoms with van der Waals surface area (Å²) < 4.78 is 5.54. The molecule has 2 atom stereocenters. The lowest BCUT2D eigenvalue weighted by Crippen LogP contribution is -2.47. The molecule has 3 rings (SSSR count). The number of methoxy groups -OCH3 is 1. The lowest BCUT2D eigenvalue weighted by atomic mass is 10.0. The van der Waals surface area contributed by atoms with Crippen molar-refractivity contribution in [3.63, 3.8) is 0 Å². The zero-order chi connectivity index (χ0) is 16.4. The molecule has 0 radical (unpaired) electrons. The van der Waals surface area contributed by atoms with E-state index in [2.05, 4.69) is 34.9 Å². The van der Waals surface area contributed by atoms with Crippen LogP contribution in [0.2, 0.25) is 0 Å². The average Bonchev–Trinajstić information content (AvgIpc) is 3.15. The normalized spacial score (nSPS) is 25.1. The zero-order valence-electron chi connectivity index (χ0n) is 14.5. The number of rotatable bonds is 4. The van der Waals surface area contributed by atoms with E-state index in [4.69, 9.17) is 4.74 Å². The van der Waals surface area contributed by atoms with Crippen LogP contribution in [0.5, 0.6) is 5.75 Å². The third-order valence-corrected chi connectivity index (χ3v) is 5.37. The maximum atomic E-state index is 11.9. The standard InChI is InChI=1S/C19H28N2O2/c1-14-8-9-19(23-3)16(12-14)13-20-10-4-6-17(20)18-7-5-11-21(18)15(2)22/h8-9,12,17-18H,4-7,10-11,13H2,1-3H3. The highest BCUT2D eigenvalue weighted by atomic mass is 16.5. The molecule has 2 fully saturated rings. The van der Waals surface area contributed by atoms with Crippen LogP contribution in [0.25, 0.3) is 0 Å². The molecule has 0 saturated carbocycles. The summed E-state index contributed by atoms with van der Waals surface area (Å²) in [5.74, 6) is 1.20. The first-order chi connectivity index (χ1) is 11.1. The highest BCUT2D eigenvalue weighted by Gasteiger charge is 2.38. The predicted molar refractivity (Wildman–Crippen MR) is 91.6 cm³/mol. The summed E-state index contributed by atoms with van der Waals surface area (Å²) in [4.78, 5) is 16.6. The van der Waals surface area contributed by atoms with Gasteiger partial charge in [-0.05, 0) is 45.2 Å².